The first-order chi connectivity index (χ1) is 13.4. The molecule has 1 aliphatic rings. The van der Waals surface area contributed by atoms with Crippen molar-refractivity contribution in [2.24, 2.45) is 5.92 Å². The molecule has 1 atom stereocenters. The number of nitrogens with one attached hydrogen (secondary N) is 1. The molecule has 0 aliphatic heterocycles. The molecule has 2 heterocycles. The van der Waals surface area contributed by atoms with Crippen molar-refractivity contribution >= 4 is 38.8 Å². The van der Waals surface area contributed by atoms with Gasteiger partial charge in [-0.15, -0.1) is 16.4 Å². The molecule has 1 N–H and O–H groups in total. The van der Waals surface area contributed by atoms with Crippen LogP contribution in [-0.2, 0) is 24.2 Å². The number of amides is 1. The summed E-state index contributed by atoms with van der Waals surface area (Å²) < 4.78 is 1.16. The van der Waals surface area contributed by atoms with Gasteiger partial charge < -0.3 is 10.2 Å². The Morgan fingerprint density at radius 2 is 2.07 bits per heavy atom. The number of benzene rings is 1. The number of rotatable bonds is 4. The van der Waals surface area contributed by atoms with Crippen molar-refractivity contribution < 1.29 is 4.79 Å². The predicted octanol–water partition coefficient (Wildman–Crippen LogP) is 2.68. The Balaban J connectivity index is 1.55. The quantitative estimate of drug-likeness (QED) is 0.732. The highest BCUT2D eigenvalue weighted by atomic mass is 32.1. The molecule has 4 rings (SSSR count). The van der Waals surface area contributed by atoms with E-state index in [9.17, 15) is 9.59 Å². The molecule has 0 spiro atoms. The molecule has 7 nitrogen and oxygen atoms in total. The maximum Gasteiger partial charge on any atom is 0.279 e. The van der Waals surface area contributed by atoms with Crippen molar-refractivity contribution in [1.29, 1.82) is 0 Å². The fourth-order valence-corrected chi connectivity index (χ4v) is 4.89. The standard InChI is InChI=1S/C20H23N5O2S/c1-12-4-9-15-16(10-12)28-19-18(15)20(27)25(23-22-19)11-17(26)21-13-5-7-14(8-6-13)24(2)3/h5-8,12H,4,9-11H2,1-3H3,(H,21,26). The summed E-state index contributed by atoms with van der Waals surface area (Å²) in [4.78, 5) is 29.2. The Morgan fingerprint density at radius 1 is 1.32 bits per heavy atom. The number of anilines is 2. The number of hydrogen-bond acceptors (Lipinski definition) is 6. The average Bonchev–Trinajstić information content (AvgIpc) is 3.02. The molecule has 0 bridgehead atoms. The highest BCUT2D eigenvalue weighted by Gasteiger charge is 2.24. The first-order valence-corrected chi connectivity index (χ1v) is 10.2. The number of hydrogen-bond donors (Lipinski definition) is 1. The van der Waals surface area contributed by atoms with Crippen LogP contribution in [0.3, 0.4) is 0 Å². The predicted molar refractivity (Wildman–Crippen MR) is 112 cm³/mol. The SMILES string of the molecule is CC1CCc2c(sc3nnn(CC(=O)Nc4ccc(N(C)C)cc4)c(=O)c23)C1. The maximum absolute atomic E-state index is 12.9. The zero-order chi connectivity index (χ0) is 19.8. The minimum absolute atomic E-state index is 0.155. The number of fused-ring (bicyclic) bond motifs is 3. The topological polar surface area (TPSA) is 80.1 Å². The van der Waals surface area contributed by atoms with Gasteiger partial charge in [0, 0.05) is 30.3 Å². The van der Waals surface area contributed by atoms with Crippen LogP contribution in [0.4, 0.5) is 11.4 Å². The van der Waals surface area contributed by atoms with Crippen LogP contribution in [-0.4, -0.2) is 35.0 Å². The van der Waals surface area contributed by atoms with Gasteiger partial charge >= 0.3 is 0 Å². The Labute approximate surface area is 167 Å². The maximum atomic E-state index is 12.9. The largest absolute Gasteiger partial charge is 0.378 e. The summed E-state index contributed by atoms with van der Waals surface area (Å²) in [7, 11) is 3.91. The molecular formula is C20H23N5O2S. The first-order valence-electron chi connectivity index (χ1n) is 9.37. The Hall–Kier alpha value is -2.74. The first kappa shape index (κ1) is 18.6. The Morgan fingerprint density at radius 3 is 2.79 bits per heavy atom. The van der Waals surface area contributed by atoms with Crippen LogP contribution >= 0.6 is 11.3 Å². The third kappa shape index (κ3) is 3.52. The van der Waals surface area contributed by atoms with Crippen molar-refractivity contribution in [1.82, 2.24) is 15.0 Å². The number of carbonyl (C=O) groups excluding carboxylic acids is 1. The monoisotopic (exact) mass is 397 g/mol. The zero-order valence-electron chi connectivity index (χ0n) is 16.2. The van der Waals surface area contributed by atoms with Gasteiger partial charge in [-0.2, -0.15) is 0 Å². The van der Waals surface area contributed by atoms with Crippen LogP contribution in [0, 0.1) is 5.92 Å². The van der Waals surface area contributed by atoms with E-state index in [4.69, 9.17) is 0 Å². The van der Waals surface area contributed by atoms with Crippen molar-refractivity contribution in [3.05, 3.63) is 45.1 Å². The fourth-order valence-electron chi connectivity index (χ4n) is 3.57. The number of nitrogens with zero attached hydrogens (tertiary/aromatic N) is 4. The second kappa shape index (κ2) is 7.35. The molecule has 0 saturated carbocycles. The van der Waals surface area contributed by atoms with E-state index in [2.05, 4.69) is 22.6 Å². The van der Waals surface area contributed by atoms with E-state index in [1.165, 1.54) is 4.88 Å². The number of aromatic nitrogens is 3. The van der Waals surface area contributed by atoms with Gasteiger partial charge in [0.1, 0.15) is 6.54 Å². The summed E-state index contributed by atoms with van der Waals surface area (Å²) in [6.07, 6.45) is 2.95. The molecule has 0 fully saturated rings. The molecule has 0 radical (unpaired) electrons. The van der Waals surface area contributed by atoms with Crippen LogP contribution < -0.4 is 15.8 Å². The fraction of sp³-hybridized carbons (Fsp3) is 0.400. The van der Waals surface area contributed by atoms with Gasteiger partial charge in [0.05, 0.1) is 5.39 Å². The second-order valence-corrected chi connectivity index (χ2v) is 8.66. The van der Waals surface area contributed by atoms with Crippen LogP contribution in [0.15, 0.2) is 29.1 Å². The molecule has 8 heteroatoms. The third-order valence-electron chi connectivity index (χ3n) is 5.15. The highest BCUT2D eigenvalue weighted by Crippen LogP contribution is 2.35. The normalized spacial score (nSPS) is 16.0. The lowest BCUT2D eigenvalue weighted by molar-refractivity contribution is -0.117. The van der Waals surface area contributed by atoms with Crippen LogP contribution in [0.2, 0.25) is 0 Å². The van der Waals surface area contributed by atoms with Crippen molar-refractivity contribution in [2.75, 3.05) is 24.3 Å². The molecule has 28 heavy (non-hydrogen) atoms. The van der Waals surface area contributed by atoms with Gasteiger partial charge in [0.15, 0.2) is 4.83 Å². The summed E-state index contributed by atoms with van der Waals surface area (Å²) >= 11 is 1.56. The van der Waals surface area contributed by atoms with E-state index in [0.29, 0.717) is 21.8 Å². The van der Waals surface area contributed by atoms with Crippen molar-refractivity contribution in [3.8, 4) is 0 Å². The van der Waals surface area contributed by atoms with Gasteiger partial charge in [-0.3, -0.25) is 9.59 Å². The van der Waals surface area contributed by atoms with Crippen molar-refractivity contribution in [3.63, 3.8) is 0 Å². The molecule has 3 aromatic rings. The van der Waals surface area contributed by atoms with Gasteiger partial charge in [-0.1, -0.05) is 12.1 Å². The van der Waals surface area contributed by atoms with Crippen LogP contribution in [0.25, 0.3) is 10.2 Å². The van der Waals surface area contributed by atoms with Gasteiger partial charge in [-0.05, 0) is 55.0 Å². The highest BCUT2D eigenvalue weighted by molar-refractivity contribution is 7.18. The summed E-state index contributed by atoms with van der Waals surface area (Å²) in [6.45, 7) is 2.07. The van der Waals surface area contributed by atoms with E-state index in [-0.39, 0.29) is 18.0 Å². The lowest BCUT2D eigenvalue weighted by Gasteiger charge is -2.17. The number of aryl methyl sites for hydroxylation is 1. The minimum atomic E-state index is -0.300. The zero-order valence-corrected chi connectivity index (χ0v) is 17.0. The van der Waals surface area contributed by atoms with Crippen LogP contribution in [0.1, 0.15) is 23.8 Å². The number of carbonyl (C=O) groups is 1. The second-order valence-electron chi connectivity index (χ2n) is 7.57. The molecular weight excluding hydrogens is 374 g/mol. The van der Waals surface area contributed by atoms with E-state index >= 15 is 0 Å². The Kier molecular flexibility index (Phi) is 4.89. The summed E-state index contributed by atoms with van der Waals surface area (Å²) in [5, 5.41) is 11.6. The van der Waals surface area contributed by atoms with E-state index < -0.39 is 0 Å². The Bertz CT molecular complexity index is 1080. The minimum Gasteiger partial charge on any atom is -0.378 e. The van der Waals surface area contributed by atoms with Gasteiger partial charge in [0.2, 0.25) is 5.91 Å². The van der Waals surface area contributed by atoms with Gasteiger partial charge in [-0.25, -0.2) is 4.68 Å². The lowest BCUT2D eigenvalue weighted by atomic mass is 9.89. The summed E-state index contributed by atoms with van der Waals surface area (Å²) in [5.74, 6) is 0.325. The molecule has 2 aromatic heterocycles. The van der Waals surface area contributed by atoms with E-state index in [1.807, 2.05) is 43.3 Å². The van der Waals surface area contributed by atoms with E-state index in [1.54, 1.807) is 11.3 Å². The van der Waals surface area contributed by atoms with E-state index in [0.717, 1.165) is 35.2 Å². The third-order valence-corrected chi connectivity index (χ3v) is 6.28. The summed E-state index contributed by atoms with van der Waals surface area (Å²) in [6, 6.07) is 7.52. The summed E-state index contributed by atoms with van der Waals surface area (Å²) in [5.41, 5.74) is 2.60. The van der Waals surface area contributed by atoms with Gasteiger partial charge in [0.25, 0.3) is 5.56 Å². The molecule has 1 aromatic carbocycles. The number of thiophene rings is 1. The molecule has 1 aliphatic carbocycles. The molecule has 146 valence electrons. The molecule has 1 amide bonds. The molecule has 1 unspecified atom stereocenters. The average molecular weight is 398 g/mol. The lowest BCUT2D eigenvalue weighted by Crippen LogP contribution is -2.30. The van der Waals surface area contributed by atoms with Crippen molar-refractivity contribution in [2.45, 2.75) is 32.7 Å². The van der Waals surface area contributed by atoms with Crippen LogP contribution in [0.5, 0.6) is 0 Å². The molecule has 0 saturated heterocycles. The smallest absolute Gasteiger partial charge is 0.279 e.